The fourth-order valence-corrected chi connectivity index (χ4v) is 9.02. The van der Waals surface area contributed by atoms with Gasteiger partial charge < -0.3 is 15.2 Å². The molecule has 3 aliphatic carbocycles. The molecule has 190 valence electrons. The molecule has 3 saturated carbocycles. The standard InChI is InChI=1S/C27H30ClN3O3S2/c1-13-29-19-3-4-21(34-2)25(28)24(19)27(30-13)35-12-20(32)22-5-6-23(36-22)26(33)31-17-8-14-7-15-10-16(11-17)18(15)9-14/h3-6,14-18,20,32H,7-12H2,1-2H3,(H,31,33)/t14-,15?,16+,17+,18?,20?/m1/s1. The molecule has 6 nitrogen and oxygen atoms in total. The summed E-state index contributed by atoms with van der Waals surface area (Å²) in [5.41, 5.74) is 0.740. The minimum atomic E-state index is -0.725. The van der Waals surface area contributed by atoms with Crippen molar-refractivity contribution in [1.82, 2.24) is 15.3 Å². The van der Waals surface area contributed by atoms with Crippen molar-refractivity contribution in [3.8, 4) is 5.75 Å². The highest BCUT2D eigenvalue weighted by atomic mass is 35.5. The number of ether oxygens (including phenoxy) is 1. The number of thioether (sulfide) groups is 1. The van der Waals surface area contributed by atoms with Crippen molar-refractivity contribution in [2.75, 3.05) is 12.9 Å². The summed E-state index contributed by atoms with van der Waals surface area (Å²) in [4.78, 5) is 23.5. The van der Waals surface area contributed by atoms with Crippen molar-refractivity contribution in [2.45, 2.75) is 56.2 Å². The van der Waals surface area contributed by atoms with Gasteiger partial charge in [0.15, 0.2) is 0 Å². The number of halogens is 1. The first kappa shape index (κ1) is 24.5. The van der Waals surface area contributed by atoms with E-state index in [1.54, 1.807) is 13.2 Å². The summed E-state index contributed by atoms with van der Waals surface area (Å²) in [6.07, 6.45) is 5.61. The highest BCUT2D eigenvalue weighted by Crippen LogP contribution is 2.58. The molecule has 2 N–H and O–H groups in total. The third kappa shape index (κ3) is 4.51. The molecule has 0 aliphatic heterocycles. The van der Waals surface area contributed by atoms with Gasteiger partial charge in [-0.3, -0.25) is 4.79 Å². The van der Waals surface area contributed by atoms with Crippen molar-refractivity contribution in [1.29, 1.82) is 0 Å². The Hall–Kier alpha value is -1.87. The maximum Gasteiger partial charge on any atom is 0.261 e. The topological polar surface area (TPSA) is 84.3 Å². The van der Waals surface area contributed by atoms with Gasteiger partial charge in [-0.1, -0.05) is 11.6 Å². The molecule has 2 heterocycles. The number of benzene rings is 1. The second-order valence-corrected chi connectivity index (χ2v) is 13.0. The number of nitrogens with one attached hydrogen (secondary N) is 1. The van der Waals surface area contributed by atoms with E-state index in [1.165, 1.54) is 42.4 Å². The number of carbonyl (C=O) groups is 1. The molecule has 6 rings (SSSR count). The quantitative estimate of drug-likeness (QED) is 0.279. The van der Waals surface area contributed by atoms with Crippen molar-refractivity contribution >= 4 is 51.5 Å². The molecule has 9 heteroatoms. The molecule has 0 radical (unpaired) electrons. The smallest absolute Gasteiger partial charge is 0.261 e. The van der Waals surface area contributed by atoms with Gasteiger partial charge in [0.1, 0.15) is 16.6 Å². The number of amides is 1. The minimum Gasteiger partial charge on any atom is -0.495 e. The Morgan fingerprint density at radius 3 is 2.86 bits per heavy atom. The molecule has 3 unspecified atom stereocenters. The Kier molecular flexibility index (Phi) is 6.65. The van der Waals surface area contributed by atoms with Gasteiger partial charge in [0.2, 0.25) is 0 Å². The highest BCUT2D eigenvalue weighted by Gasteiger charge is 2.50. The first-order chi connectivity index (χ1) is 17.4. The number of hydrogen-bond donors (Lipinski definition) is 2. The van der Waals surface area contributed by atoms with Crippen LogP contribution >= 0.6 is 34.7 Å². The molecule has 36 heavy (non-hydrogen) atoms. The molecular weight excluding hydrogens is 514 g/mol. The number of carbonyl (C=O) groups excluding carboxylic acids is 1. The average molecular weight is 544 g/mol. The van der Waals surface area contributed by atoms with Gasteiger partial charge in [-0.2, -0.15) is 0 Å². The number of methoxy groups -OCH3 is 1. The highest BCUT2D eigenvalue weighted by molar-refractivity contribution is 7.99. The van der Waals surface area contributed by atoms with E-state index in [0.717, 1.165) is 52.3 Å². The molecule has 1 aromatic carbocycles. The van der Waals surface area contributed by atoms with Gasteiger partial charge in [0, 0.05) is 16.7 Å². The number of hydrogen-bond acceptors (Lipinski definition) is 7. The van der Waals surface area contributed by atoms with Crippen LogP contribution < -0.4 is 10.1 Å². The van der Waals surface area contributed by atoms with E-state index >= 15 is 0 Å². The molecule has 0 saturated heterocycles. The maximum absolute atomic E-state index is 13.0. The summed E-state index contributed by atoms with van der Waals surface area (Å²) in [6.45, 7) is 1.84. The van der Waals surface area contributed by atoms with Gasteiger partial charge in [-0.15, -0.1) is 23.1 Å². The van der Waals surface area contributed by atoms with E-state index in [4.69, 9.17) is 16.3 Å². The fraction of sp³-hybridized carbons (Fsp3) is 0.519. The van der Waals surface area contributed by atoms with Crippen LogP contribution in [-0.2, 0) is 0 Å². The third-order valence-electron chi connectivity index (χ3n) is 8.22. The van der Waals surface area contributed by atoms with Crippen molar-refractivity contribution in [3.63, 3.8) is 0 Å². The maximum atomic E-state index is 13.0. The second-order valence-electron chi connectivity index (χ2n) is 10.5. The van der Waals surface area contributed by atoms with Crippen LogP contribution in [0.5, 0.6) is 5.75 Å². The monoisotopic (exact) mass is 543 g/mol. The molecule has 6 atom stereocenters. The molecule has 1 amide bonds. The summed E-state index contributed by atoms with van der Waals surface area (Å²) in [5, 5.41) is 16.1. The molecule has 3 aliphatic rings. The second kappa shape index (κ2) is 9.78. The van der Waals surface area contributed by atoms with Crippen LogP contribution in [0.15, 0.2) is 29.3 Å². The van der Waals surface area contributed by atoms with Gasteiger partial charge in [0.25, 0.3) is 5.91 Å². The normalized spacial score (nSPS) is 27.4. The first-order valence-corrected chi connectivity index (χ1v) is 14.8. The number of aliphatic hydroxyl groups is 1. The number of fused-ring (bicyclic) bond motifs is 2. The molecule has 3 fully saturated rings. The summed E-state index contributed by atoms with van der Waals surface area (Å²) in [5.74, 6) is 5.05. The van der Waals surface area contributed by atoms with Crippen LogP contribution in [0.1, 0.15) is 58.6 Å². The van der Waals surface area contributed by atoms with Crippen LogP contribution in [0, 0.1) is 30.6 Å². The predicted molar refractivity (Wildman–Crippen MR) is 144 cm³/mol. The van der Waals surface area contributed by atoms with Crippen LogP contribution in [0.4, 0.5) is 0 Å². The van der Waals surface area contributed by atoms with Crippen molar-refractivity contribution in [3.05, 3.63) is 44.9 Å². The molecule has 3 aromatic rings. The van der Waals surface area contributed by atoms with E-state index < -0.39 is 6.10 Å². The number of thiophene rings is 1. The van der Waals surface area contributed by atoms with Gasteiger partial charge in [0.05, 0.1) is 34.0 Å². The summed E-state index contributed by atoms with van der Waals surface area (Å²) in [6, 6.07) is 7.62. The lowest BCUT2D eigenvalue weighted by molar-refractivity contribution is 0.0757. The van der Waals surface area contributed by atoms with E-state index in [9.17, 15) is 9.90 Å². The van der Waals surface area contributed by atoms with Crippen molar-refractivity contribution in [2.24, 2.45) is 23.7 Å². The molecule has 2 aromatic heterocycles. The van der Waals surface area contributed by atoms with E-state index in [1.807, 2.05) is 25.1 Å². The largest absolute Gasteiger partial charge is 0.495 e. The van der Waals surface area contributed by atoms with Crippen LogP contribution in [0.2, 0.25) is 5.02 Å². The van der Waals surface area contributed by atoms with E-state index in [0.29, 0.717) is 32.3 Å². The van der Waals surface area contributed by atoms with Gasteiger partial charge in [-0.05, 0) is 87.0 Å². The average Bonchev–Trinajstić information content (AvgIpc) is 3.41. The Morgan fingerprint density at radius 1 is 1.19 bits per heavy atom. The van der Waals surface area contributed by atoms with Crippen LogP contribution in [0.3, 0.4) is 0 Å². The number of aromatic nitrogens is 2. The zero-order valence-electron chi connectivity index (χ0n) is 20.4. The van der Waals surface area contributed by atoms with Gasteiger partial charge in [-0.25, -0.2) is 9.97 Å². The summed E-state index contributed by atoms with van der Waals surface area (Å²) < 4.78 is 5.36. The predicted octanol–water partition coefficient (Wildman–Crippen LogP) is 6.04. The van der Waals surface area contributed by atoms with E-state index in [-0.39, 0.29) is 11.9 Å². The molecule has 0 spiro atoms. The van der Waals surface area contributed by atoms with Gasteiger partial charge >= 0.3 is 0 Å². The fourth-order valence-electron chi connectivity index (χ4n) is 6.60. The number of rotatable bonds is 7. The van der Waals surface area contributed by atoms with Crippen LogP contribution in [0.25, 0.3) is 10.9 Å². The lowest BCUT2D eigenvalue weighted by Gasteiger charge is -2.42. The molecular formula is C27H30ClN3O3S2. The minimum absolute atomic E-state index is 0.0129. The van der Waals surface area contributed by atoms with Crippen molar-refractivity contribution < 1.29 is 14.6 Å². The van der Waals surface area contributed by atoms with E-state index in [2.05, 4.69) is 15.3 Å². The Bertz CT molecular complexity index is 1310. The third-order valence-corrected chi connectivity index (χ3v) is 10.8. The number of nitrogens with zero attached hydrogens (tertiary/aromatic N) is 2. The first-order valence-electron chi connectivity index (χ1n) is 12.6. The lowest BCUT2D eigenvalue weighted by Crippen LogP contribution is -2.42. The summed E-state index contributed by atoms with van der Waals surface area (Å²) in [7, 11) is 1.58. The Labute approximate surface area is 224 Å². The molecule has 2 bridgehead atoms. The Balaban J connectivity index is 1.12. The Morgan fingerprint density at radius 2 is 2.03 bits per heavy atom. The summed E-state index contributed by atoms with van der Waals surface area (Å²) >= 11 is 9.36. The number of aliphatic hydroxyl groups excluding tert-OH is 1. The number of aryl methyl sites for hydroxylation is 1. The zero-order valence-corrected chi connectivity index (χ0v) is 22.8. The lowest BCUT2D eigenvalue weighted by atomic mass is 9.64. The zero-order chi connectivity index (χ0) is 25.0. The SMILES string of the molecule is COc1ccc2nc(C)nc(SCC(O)c3ccc(C(=O)N[C@H]4C[C@H]5CC6C[C@@H](C4)C6C5)s3)c2c1Cl. The van der Waals surface area contributed by atoms with Crippen LogP contribution in [-0.4, -0.2) is 39.9 Å².